The van der Waals surface area contributed by atoms with Gasteiger partial charge in [-0.1, -0.05) is 0 Å². The number of carbonyl (C=O) groups is 3. The van der Waals surface area contributed by atoms with Crippen molar-refractivity contribution < 1.29 is 19.5 Å². The number of piperazine rings is 1. The Labute approximate surface area is 111 Å². The number of hydrogen-bond donors (Lipinski definition) is 1. The molecular formula is C12H19N3O4. The number of amides is 3. The molecule has 0 bridgehead atoms. The first-order chi connectivity index (χ1) is 8.99. The number of urea groups is 1. The fourth-order valence-corrected chi connectivity index (χ4v) is 2.44. The first-order valence-corrected chi connectivity index (χ1v) is 6.49. The molecule has 0 aliphatic carbocycles. The standard InChI is InChI=1S/C12H19N3O4/c1-13-6-7-15(8-10(13)16)12(19)14-4-2-9(3-5-14)11(17)18/h9H,2-8H2,1H3,(H,17,18). The Kier molecular flexibility index (Phi) is 3.92. The smallest absolute Gasteiger partial charge is 0.320 e. The van der Waals surface area contributed by atoms with Crippen molar-refractivity contribution in [3.05, 3.63) is 0 Å². The minimum atomic E-state index is -0.790. The lowest BCUT2D eigenvalue weighted by atomic mass is 9.97. The van der Waals surface area contributed by atoms with Gasteiger partial charge in [0, 0.05) is 33.2 Å². The summed E-state index contributed by atoms with van der Waals surface area (Å²) in [5, 5.41) is 8.91. The molecule has 2 saturated heterocycles. The van der Waals surface area contributed by atoms with Gasteiger partial charge in [0.1, 0.15) is 6.54 Å². The summed E-state index contributed by atoms with van der Waals surface area (Å²) in [5.41, 5.74) is 0. The molecule has 2 aliphatic heterocycles. The van der Waals surface area contributed by atoms with Gasteiger partial charge in [-0.15, -0.1) is 0 Å². The van der Waals surface area contributed by atoms with Gasteiger partial charge in [-0.2, -0.15) is 0 Å². The van der Waals surface area contributed by atoms with E-state index in [0.29, 0.717) is 39.0 Å². The second kappa shape index (κ2) is 5.46. The van der Waals surface area contributed by atoms with Crippen LogP contribution in [0.3, 0.4) is 0 Å². The predicted octanol–water partition coefficient (Wildman–Crippen LogP) is -0.323. The van der Waals surface area contributed by atoms with Crippen molar-refractivity contribution in [1.82, 2.24) is 14.7 Å². The third kappa shape index (κ3) is 2.97. The van der Waals surface area contributed by atoms with Crippen molar-refractivity contribution in [1.29, 1.82) is 0 Å². The summed E-state index contributed by atoms with van der Waals surface area (Å²) in [4.78, 5) is 39.4. The molecule has 0 unspecified atom stereocenters. The van der Waals surface area contributed by atoms with Crippen LogP contribution in [0.25, 0.3) is 0 Å². The van der Waals surface area contributed by atoms with Gasteiger partial charge in [0.25, 0.3) is 0 Å². The van der Waals surface area contributed by atoms with Crippen LogP contribution < -0.4 is 0 Å². The van der Waals surface area contributed by atoms with E-state index in [-0.39, 0.29) is 24.4 Å². The Bertz CT molecular complexity index is 390. The number of nitrogens with zero attached hydrogens (tertiary/aromatic N) is 3. The van der Waals surface area contributed by atoms with Crippen molar-refractivity contribution in [3.8, 4) is 0 Å². The van der Waals surface area contributed by atoms with Crippen LogP contribution >= 0.6 is 0 Å². The number of likely N-dealkylation sites (N-methyl/N-ethyl adjacent to an activating group) is 1. The second-order valence-electron chi connectivity index (χ2n) is 5.12. The van der Waals surface area contributed by atoms with Crippen molar-refractivity contribution in [3.63, 3.8) is 0 Å². The van der Waals surface area contributed by atoms with Gasteiger partial charge in [-0.25, -0.2) is 4.79 Å². The average molecular weight is 269 g/mol. The molecule has 0 radical (unpaired) electrons. The summed E-state index contributed by atoms with van der Waals surface area (Å²) < 4.78 is 0. The Morgan fingerprint density at radius 3 is 2.26 bits per heavy atom. The third-order valence-corrected chi connectivity index (χ3v) is 3.84. The summed E-state index contributed by atoms with van der Waals surface area (Å²) >= 11 is 0. The summed E-state index contributed by atoms with van der Waals surface area (Å²) in [6, 6.07) is -0.148. The Balaban J connectivity index is 1.88. The molecule has 0 atom stereocenters. The van der Waals surface area contributed by atoms with E-state index in [4.69, 9.17) is 5.11 Å². The monoisotopic (exact) mass is 269 g/mol. The van der Waals surface area contributed by atoms with E-state index in [9.17, 15) is 14.4 Å². The van der Waals surface area contributed by atoms with E-state index >= 15 is 0 Å². The minimum absolute atomic E-state index is 0.0555. The van der Waals surface area contributed by atoms with Crippen molar-refractivity contribution in [2.45, 2.75) is 12.8 Å². The van der Waals surface area contributed by atoms with Crippen molar-refractivity contribution in [2.75, 3.05) is 39.8 Å². The predicted molar refractivity (Wildman–Crippen MR) is 66.5 cm³/mol. The fraction of sp³-hybridized carbons (Fsp3) is 0.750. The summed E-state index contributed by atoms with van der Waals surface area (Å²) in [6.07, 6.45) is 0.978. The van der Waals surface area contributed by atoms with Gasteiger partial charge < -0.3 is 19.8 Å². The van der Waals surface area contributed by atoms with Crippen LogP contribution in [0.15, 0.2) is 0 Å². The van der Waals surface area contributed by atoms with Crippen LogP contribution in [0.4, 0.5) is 4.79 Å². The third-order valence-electron chi connectivity index (χ3n) is 3.84. The number of carbonyl (C=O) groups excluding carboxylic acids is 2. The maximum atomic E-state index is 12.2. The molecule has 0 saturated carbocycles. The van der Waals surface area contributed by atoms with Gasteiger partial charge in [0.05, 0.1) is 5.92 Å². The molecule has 0 aromatic heterocycles. The van der Waals surface area contributed by atoms with Gasteiger partial charge in [0.15, 0.2) is 0 Å². The molecule has 2 fully saturated rings. The topological polar surface area (TPSA) is 81.2 Å². The van der Waals surface area contributed by atoms with Gasteiger partial charge in [-0.3, -0.25) is 9.59 Å². The molecule has 0 aromatic carbocycles. The number of rotatable bonds is 1. The lowest BCUT2D eigenvalue weighted by Crippen LogP contribution is -2.55. The molecule has 2 aliphatic rings. The molecule has 7 nitrogen and oxygen atoms in total. The zero-order valence-electron chi connectivity index (χ0n) is 11.0. The van der Waals surface area contributed by atoms with E-state index in [1.54, 1.807) is 21.7 Å². The van der Waals surface area contributed by atoms with E-state index in [0.717, 1.165) is 0 Å². The van der Waals surface area contributed by atoms with E-state index in [2.05, 4.69) is 0 Å². The molecule has 19 heavy (non-hydrogen) atoms. The molecule has 7 heteroatoms. The van der Waals surface area contributed by atoms with Gasteiger partial charge in [0.2, 0.25) is 5.91 Å². The van der Waals surface area contributed by atoms with Crippen LogP contribution in [0.5, 0.6) is 0 Å². The number of hydrogen-bond acceptors (Lipinski definition) is 3. The number of carboxylic acid groups (broad SMARTS) is 1. The van der Waals surface area contributed by atoms with Crippen LogP contribution in [-0.4, -0.2) is 77.5 Å². The summed E-state index contributed by atoms with van der Waals surface area (Å²) in [6.45, 7) is 2.12. The Morgan fingerprint density at radius 2 is 1.74 bits per heavy atom. The maximum Gasteiger partial charge on any atom is 0.320 e. The molecule has 2 rings (SSSR count). The molecule has 0 spiro atoms. The Morgan fingerprint density at radius 1 is 1.11 bits per heavy atom. The lowest BCUT2D eigenvalue weighted by molar-refractivity contribution is -0.143. The minimum Gasteiger partial charge on any atom is -0.481 e. The zero-order valence-corrected chi connectivity index (χ0v) is 11.0. The highest BCUT2D eigenvalue weighted by Crippen LogP contribution is 2.19. The highest BCUT2D eigenvalue weighted by Gasteiger charge is 2.32. The lowest BCUT2D eigenvalue weighted by Gasteiger charge is -2.37. The first kappa shape index (κ1) is 13.6. The number of aliphatic carboxylic acids is 1. The quantitative estimate of drug-likeness (QED) is 0.707. The van der Waals surface area contributed by atoms with E-state index in [1.165, 1.54) is 0 Å². The van der Waals surface area contributed by atoms with E-state index in [1.807, 2.05) is 0 Å². The average Bonchev–Trinajstić information content (AvgIpc) is 2.41. The van der Waals surface area contributed by atoms with Crippen LogP contribution in [-0.2, 0) is 9.59 Å². The highest BCUT2D eigenvalue weighted by molar-refractivity contribution is 5.85. The van der Waals surface area contributed by atoms with Crippen LogP contribution in [0.2, 0.25) is 0 Å². The second-order valence-corrected chi connectivity index (χ2v) is 5.12. The summed E-state index contributed by atoms with van der Waals surface area (Å²) in [7, 11) is 1.72. The SMILES string of the molecule is CN1CCN(C(=O)N2CCC(C(=O)O)CC2)CC1=O. The normalized spacial score (nSPS) is 21.7. The first-order valence-electron chi connectivity index (χ1n) is 6.49. The van der Waals surface area contributed by atoms with Crippen molar-refractivity contribution in [2.24, 2.45) is 5.92 Å². The number of likely N-dealkylation sites (tertiary alicyclic amines) is 1. The van der Waals surface area contributed by atoms with Gasteiger partial charge in [-0.05, 0) is 12.8 Å². The maximum absolute atomic E-state index is 12.2. The largest absolute Gasteiger partial charge is 0.481 e. The van der Waals surface area contributed by atoms with Gasteiger partial charge >= 0.3 is 12.0 Å². The molecular weight excluding hydrogens is 250 g/mol. The molecule has 2 heterocycles. The molecule has 106 valence electrons. The molecule has 0 aromatic rings. The number of carboxylic acids is 1. The van der Waals surface area contributed by atoms with Crippen molar-refractivity contribution >= 4 is 17.9 Å². The van der Waals surface area contributed by atoms with Crippen LogP contribution in [0.1, 0.15) is 12.8 Å². The molecule has 3 amide bonds. The number of piperidine rings is 1. The Hall–Kier alpha value is -1.79. The highest BCUT2D eigenvalue weighted by atomic mass is 16.4. The van der Waals surface area contributed by atoms with E-state index < -0.39 is 5.97 Å². The zero-order chi connectivity index (χ0) is 14.0. The van der Waals surface area contributed by atoms with Crippen LogP contribution in [0, 0.1) is 5.92 Å². The fourth-order valence-electron chi connectivity index (χ4n) is 2.44. The summed E-state index contributed by atoms with van der Waals surface area (Å²) in [5.74, 6) is -1.19. The molecule has 1 N–H and O–H groups in total.